The molecule has 9 nitrogen and oxygen atoms in total. The van der Waals surface area contributed by atoms with E-state index in [1.165, 1.54) is 36.1 Å². The SMILES string of the molecule is CC(C)N(C(=O)CN1C(=O)NC(C)(c2ccc([N+](=O)[O-])cc2)C1=O)c1ccccc1. The third kappa shape index (κ3) is 3.73. The number of hydrogen-bond donors (Lipinski definition) is 1. The van der Waals surface area contributed by atoms with Crippen molar-refractivity contribution in [1.82, 2.24) is 10.2 Å². The summed E-state index contributed by atoms with van der Waals surface area (Å²) in [5, 5.41) is 13.5. The number of anilines is 1. The lowest BCUT2D eigenvalue weighted by molar-refractivity contribution is -0.384. The van der Waals surface area contributed by atoms with Gasteiger partial charge in [0.05, 0.1) is 4.92 Å². The van der Waals surface area contributed by atoms with E-state index in [0.717, 1.165) is 4.90 Å². The molecule has 1 heterocycles. The Morgan fingerprint density at radius 2 is 1.73 bits per heavy atom. The average molecular weight is 410 g/mol. The number of carbonyl (C=O) groups is 3. The molecule has 30 heavy (non-hydrogen) atoms. The van der Waals surface area contributed by atoms with Crippen LogP contribution in [0.2, 0.25) is 0 Å². The first-order chi connectivity index (χ1) is 14.1. The molecule has 1 saturated heterocycles. The monoisotopic (exact) mass is 410 g/mol. The number of imide groups is 1. The number of hydrogen-bond acceptors (Lipinski definition) is 5. The molecule has 9 heteroatoms. The van der Waals surface area contributed by atoms with Gasteiger partial charge >= 0.3 is 6.03 Å². The summed E-state index contributed by atoms with van der Waals surface area (Å²) in [5.41, 5.74) is -0.475. The highest BCUT2D eigenvalue weighted by Crippen LogP contribution is 2.30. The Bertz CT molecular complexity index is 990. The van der Waals surface area contributed by atoms with E-state index in [4.69, 9.17) is 0 Å². The predicted molar refractivity (Wildman–Crippen MR) is 110 cm³/mol. The van der Waals surface area contributed by atoms with E-state index in [-0.39, 0.29) is 11.7 Å². The predicted octanol–water partition coefficient (Wildman–Crippen LogP) is 2.80. The molecule has 1 N–H and O–H groups in total. The molecule has 0 radical (unpaired) electrons. The van der Waals surface area contributed by atoms with Gasteiger partial charge in [-0.2, -0.15) is 0 Å². The summed E-state index contributed by atoms with van der Waals surface area (Å²) < 4.78 is 0. The summed E-state index contributed by atoms with van der Waals surface area (Å²) >= 11 is 0. The van der Waals surface area contributed by atoms with Crippen LogP contribution in [0.15, 0.2) is 54.6 Å². The Morgan fingerprint density at radius 3 is 2.27 bits per heavy atom. The van der Waals surface area contributed by atoms with Crippen LogP contribution >= 0.6 is 0 Å². The van der Waals surface area contributed by atoms with Crippen molar-refractivity contribution in [2.75, 3.05) is 11.4 Å². The molecule has 1 fully saturated rings. The fourth-order valence-electron chi connectivity index (χ4n) is 3.48. The molecule has 0 aliphatic carbocycles. The normalized spacial score (nSPS) is 18.5. The Balaban J connectivity index is 1.83. The minimum absolute atomic E-state index is 0.124. The van der Waals surface area contributed by atoms with Crippen molar-refractivity contribution in [3.63, 3.8) is 0 Å². The molecule has 4 amide bonds. The van der Waals surface area contributed by atoms with Crippen LogP contribution in [0.5, 0.6) is 0 Å². The van der Waals surface area contributed by atoms with Crippen molar-refractivity contribution in [2.24, 2.45) is 0 Å². The van der Waals surface area contributed by atoms with E-state index in [0.29, 0.717) is 11.3 Å². The smallest absolute Gasteiger partial charge is 0.319 e. The lowest BCUT2D eigenvalue weighted by Gasteiger charge is -2.28. The number of para-hydroxylation sites is 1. The molecule has 3 rings (SSSR count). The number of non-ortho nitro benzene ring substituents is 1. The van der Waals surface area contributed by atoms with Gasteiger partial charge in [-0.3, -0.25) is 24.6 Å². The van der Waals surface area contributed by atoms with Crippen LogP contribution in [0, 0.1) is 10.1 Å². The highest BCUT2D eigenvalue weighted by atomic mass is 16.6. The number of amides is 4. The van der Waals surface area contributed by atoms with Gasteiger partial charge in [0.1, 0.15) is 12.1 Å². The van der Waals surface area contributed by atoms with Crippen LogP contribution in [-0.4, -0.2) is 40.3 Å². The summed E-state index contributed by atoms with van der Waals surface area (Å²) in [7, 11) is 0. The molecule has 1 aliphatic rings. The first-order valence-corrected chi connectivity index (χ1v) is 9.41. The van der Waals surface area contributed by atoms with Gasteiger partial charge < -0.3 is 10.2 Å². The second kappa shape index (κ2) is 7.94. The molecule has 0 aromatic heterocycles. The van der Waals surface area contributed by atoms with Gasteiger partial charge in [0.25, 0.3) is 11.6 Å². The molecule has 1 aliphatic heterocycles. The number of urea groups is 1. The van der Waals surface area contributed by atoms with Gasteiger partial charge in [0.15, 0.2) is 0 Å². The van der Waals surface area contributed by atoms with Gasteiger partial charge in [-0.25, -0.2) is 4.79 Å². The summed E-state index contributed by atoms with van der Waals surface area (Å²) in [6.07, 6.45) is 0. The summed E-state index contributed by atoms with van der Waals surface area (Å²) in [5.74, 6) is -0.987. The third-order valence-corrected chi connectivity index (χ3v) is 5.04. The van der Waals surface area contributed by atoms with Gasteiger partial charge in [-0.1, -0.05) is 18.2 Å². The maximum absolute atomic E-state index is 13.1. The quantitative estimate of drug-likeness (QED) is 0.447. The number of nitro benzene ring substituents is 1. The zero-order valence-electron chi connectivity index (χ0n) is 16.9. The van der Waals surface area contributed by atoms with Gasteiger partial charge in [-0.15, -0.1) is 0 Å². The second-order valence-corrected chi connectivity index (χ2v) is 7.44. The molecule has 2 aromatic carbocycles. The van der Waals surface area contributed by atoms with Crippen LogP contribution in [0.3, 0.4) is 0 Å². The average Bonchev–Trinajstić information content (AvgIpc) is 2.92. The molecular weight excluding hydrogens is 388 g/mol. The maximum atomic E-state index is 13.1. The number of rotatable bonds is 6. The molecule has 0 bridgehead atoms. The van der Waals surface area contributed by atoms with Crippen molar-refractivity contribution in [1.29, 1.82) is 0 Å². The Kier molecular flexibility index (Phi) is 5.55. The number of nitro groups is 1. The zero-order valence-corrected chi connectivity index (χ0v) is 16.9. The van der Waals surface area contributed by atoms with Crippen LogP contribution in [0.1, 0.15) is 26.3 Å². The van der Waals surface area contributed by atoms with Crippen LogP contribution in [0.25, 0.3) is 0 Å². The van der Waals surface area contributed by atoms with Crippen molar-refractivity contribution in [3.8, 4) is 0 Å². The molecule has 1 atom stereocenters. The van der Waals surface area contributed by atoms with Crippen molar-refractivity contribution in [3.05, 3.63) is 70.3 Å². The molecule has 1 unspecified atom stereocenters. The number of nitrogens with zero attached hydrogens (tertiary/aromatic N) is 3. The lowest BCUT2D eigenvalue weighted by atomic mass is 9.92. The first kappa shape index (κ1) is 21.0. The van der Waals surface area contributed by atoms with E-state index < -0.39 is 34.9 Å². The lowest BCUT2D eigenvalue weighted by Crippen LogP contribution is -2.46. The van der Waals surface area contributed by atoms with Crippen LogP contribution < -0.4 is 10.2 Å². The van der Waals surface area contributed by atoms with E-state index in [1.54, 1.807) is 24.3 Å². The van der Waals surface area contributed by atoms with Gasteiger partial charge in [0.2, 0.25) is 5.91 Å². The summed E-state index contributed by atoms with van der Waals surface area (Å²) in [6.45, 7) is 4.78. The first-order valence-electron chi connectivity index (χ1n) is 9.41. The summed E-state index contributed by atoms with van der Waals surface area (Å²) in [4.78, 5) is 51.3. The number of benzene rings is 2. The molecule has 2 aromatic rings. The van der Waals surface area contributed by atoms with E-state index >= 15 is 0 Å². The molecule has 0 spiro atoms. The van der Waals surface area contributed by atoms with E-state index in [1.807, 2.05) is 19.9 Å². The fraction of sp³-hybridized carbons (Fsp3) is 0.286. The highest BCUT2D eigenvalue weighted by molar-refractivity contribution is 6.10. The minimum atomic E-state index is -1.41. The topological polar surface area (TPSA) is 113 Å². The number of nitrogens with one attached hydrogen (secondary N) is 1. The molecular formula is C21H22N4O5. The van der Waals surface area contributed by atoms with Crippen molar-refractivity contribution in [2.45, 2.75) is 32.4 Å². The number of carbonyl (C=O) groups excluding carboxylic acids is 3. The van der Waals surface area contributed by atoms with Gasteiger partial charge in [-0.05, 0) is 50.6 Å². The van der Waals surface area contributed by atoms with E-state index in [9.17, 15) is 24.5 Å². The Hall–Kier alpha value is -3.75. The second-order valence-electron chi connectivity index (χ2n) is 7.44. The van der Waals surface area contributed by atoms with Crippen molar-refractivity contribution < 1.29 is 19.3 Å². The third-order valence-electron chi connectivity index (χ3n) is 5.04. The zero-order chi connectivity index (χ0) is 22.1. The van der Waals surface area contributed by atoms with Crippen LogP contribution in [-0.2, 0) is 15.1 Å². The minimum Gasteiger partial charge on any atom is -0.319 e. The maximum Gasteiger partial charge on any atom is 0.325 e. The van der Waals surface area contributed by atoms with E-state index in [2.05, 4.69) is 5.32 Å². The standard InChI is InChI=1S/C21H22N4O5/c1-14(2)24(16-7-5-4-6-8-16)18(26)13-23-19(27)21(3,22-20(23)28)15-9-11-17(12-10-15)25(29)30/h4-12,14H,13H2,1-3H3,(H,22,28). The molecule has 0 saturated carbocycles. The Morgan fingerprint density at radius 1 is 1.13 bits per heavy atom. The Labute approximate surface area is 173 Å². The largest absolute Gasteiger partial charge is 0.325 e. The molecule has 156 valence electrons. The highest BCUT2D eigenvalue weighted by Gasteiger charge is 2.50. The van der Waals surface area contributed by atoms with Crippen LogP contribution in [0.4, 0.5) is 16.2 Å². The van der Waals surface area contributed by atoms with Crippen molar-refractivity contribution >= 4 is 29.2 Å². The summed E-state index contributed by atoms with van der Waals surface area (Å²) in [6, 6.07) is 13.5. The fourth-order valence-corrected chi connectivity index (χ4v) is 3.48. The van der Waals surface area contributed by atoms with Gasteiger partial charge in [0, 0.05) is 23.9 Å².